The Hall–Kier alpha value is 0.672. The maximum Gasteiger partial charge on any atom is 2.00 e. The van der Waals surface area contributed by atoms with E-state index in [0.29, 0.717) is 0 Å². The van der Waals surface area contributed by atoms with Gasteiger partial charge < -0.3 is 30.6 Å². The maximum absolute atomic E-state index is 9.25. The SMILES string of the molecule is COC([O-])([O-])O.C[O-].O=C=O.[Mg+2].[Mg+2].[OH-]. The number of hydrogen-bond donors (Lipinski definition) is 1. The molecule has 10 heteroatoms. The van der Waals surface area contributed by atoms with Crippen molar-refractivity contribution in [3.05, 3.63) is 0 Å². The van der Waals surface area contributed by atoms with Crippen LogP contribution in [-0.4, -0.2) is 83.2 Å². The molecular weight excluding hydrogens is 225 g/mol. The number of hydrogen-bond acceptors (Lipinski definition) is 8. The van der Waals surface area contributed by atoms with Crippen molar-refractivity contribution in [3.63, 3.8) is 0 Å². The normalized spacial score (nSPS) is 6.14. The van der Waals surface area contributed by atoms with Crippen LogP contribution in [0.3, 0.4) is 0 Å². The van der Waals surface area contributed by atoms with E-state index in [0.717, 1.165) is 14.2 Å². The van der Waals surface area contributed by atoms with E-state index in [9.17, 15) is 10.2 Å². The average molecular weight is 233 g/mol. The molecule has 0 aliphatic heterocycles. The van der Waals surface area contributed by atoms with E-state index in [1.807, 2.05) is 0 Å². The molecule has 0 spiro atoms. The van der Waals surface area contributed by atoms with E-state index < -0.39 is 6.16 Å². The Kier molecular flexibility index (Phi) is 76.0. The third-order valence-corrected chi connectivity index (χ3v) is 0.258. The summed E-state index contributed by atoms with van der Waals surface area (Å²) < 4.78 is 3.38. The van der Waals surface area contributed by atoms with E-state index >= 15 is 0 Å². The minimum atomic E-state index is -3.46. The summed E-state index contributed by atoms with van der Waals surface area (Å²) in [5.41, 5.74) is 0. The van der Waals surface area contributed by atoms with Crippen LogP contribution < -0.4 is 15.3 Å². The Balaban J connectivity index is -0.0000000178. The quantitative estimate of drug-likeness (QED) is 0.345. The van der Waals surface area contributed by atoms with E-state index in [2.05, 4.69) is 4.74 Å². The topological polar surface area (TPSA) is 163 Å². The summed E-state index contributed by atoms with van der Waals surface area (Å²) in [5, 5.41) is 34.2. The first kappa shape index (κ1) is 36.5. The molecule has 0 amide bonds. The van der Waals surface area contributed by atoms with Gasteiger partial charge in [-0.25, -0.2) is 0 Å². The molecule has 14 heavy (non-hydrogen) atoms. The monoisotopic (exact) mass is 232 g/mol. The first-order valence-electron chi connectivity index (χ1n) is 2.06. The van der Waals surface area contributed by atoms with Crippen LogP contribution in [0.25, 0.3) is 0 Å². The molecule has 8 nitrogen and oxygen atoms in total. The molecule has 0 aromatic carbocycles. The van der Waals surface area contributed by atoms with Gasteiger partial charge in [0.05, 0.1) is 0 Å². The Morgan fingerprint density at radius 2 is 1.29 bits per heavy atom. The third kappa shape index (κ3) is 128. The molecule has 0 heterocycles. The Labute approximate surface area is 112 Å². The summed E-state index contributed by atoms with van der Waals surface area (Å²) in [4.78, 5) is 16.2. The van der Waals surface area contributed by atoms with Gasteiger partial charge in [-0.3, -0.25) is 0 Å². The predicted molar refractivity (Wildman–Crippen MR) is 36.3 cm³/mol. The van der Waals surface area contributed by atoms with Crippen LogP contribution in [0.4, 0.5) is 0 Å². The van der Waals surface area contributed by atoms with Crippen molar-refractivity contribution in [2.24, 2.45) is 0 Å². The number of aliphatic hydroxyl groups is 1. The molecule has 0 unspecified atom stereocenters. The van der Waals surface area contributed by atoms with Crippen LogP contribution in [-0.2, 0) is 14.3 Å². The van der Waals surface area contributed by atoms with E-state index in [1.165, 1.54) is 0 Å². The summed E-state index contributed by atoms with van der Waals surface area (Å²) >= 11 is 0. The van der Waals surface area contributed by atoms with Crippen LogP contribution in [0.15, 0.2) is 0 Å². The fourth-order valence-corrected chi connectivity index (χ4v) is 0. The van der Waals surface area contributed by atoms with Crippen LogP contribution >= 0.6 is 0 Å². The number of carbonyl (C=O) groups excluding carboxylic acids is 2. The Morgan fingerprint density at radius 1 is 1.21 bits per heavy atom. The van der Waals surface area contributed by atoms with Crippen molar-refractivity contribution in [1.29, 1.82) is 0 Å². The minimum Gasteiger partial charge on any atom is -0.870 e. The van der Waals surface area contributed by atoms with Crippen molar-refractivity contribution < 1.29 is 40.2 Å². The standard InChI is InChI=1S/C2H4O4.CO2.CH3O.2Mg.H2O/c1-6-2(3,4)5;2-1-3;1-2;;;/h3H,1H3;;1H3;;;1H2/q-2;;-1;2*+2;/p-1. The van der Waals surface area contributed by atoms with Crippen LogP contribution in [0.2, 0.25) is 0 Å². The second-order valence-corrected chi connectivity index (χ2v) is 0.811. The molecule has 0 bridgehead atoms. The molecule has 0 atom stereocenters. The summed E-state index contributed by atoms with van der Waals surface area (Å²) in [6.07, 6.45) is -3.21. The van der Waals surface area contributed by atoms with E-state index in [4.69, 9.17) is 19.8 Å². The maximum atomic E-state index is 9.25. The number of ether oxygens (including phenoxy) is 1. The molecule has 0 saturated heterocycles. The van der Waals surface area contributed by atoms with Crippen molar-refractivity contribution in [2.75, 3.05) is 14.2 Å². The first-order valence-corrected chi connectivity index (χ1v) is 2.06. The molecule has 0 aromatic rings. The molecule has 0 rings (SSSR count). The third-order valence-electron chi connectivity index (χ3n) is 0.258. The molecule has 2 N–H and O–H groups in total. The summed E-state index contributed by atoms with van der Waals surface area (Å²) in [6, 6.07) is 0. The average Bonchev–Trinajstić information content (AvgIpc) is 1.93. The zero-order valence-electron chi connectivity index (χ0n) is 7.76. The van der Waals surface area contributed by atoms with Crippen LogP contribution in [0.1, 0.15) is 0 Å². The predicted octanol–water partition coefficient (Wildman–Crippen LogP) is -5.59. The molecule has 0 saturated carbocycles. The second-order valence-electron chi connectivity index (χ2n) is 0.811. The minimum absolute atomic E-state index is 0. The fraction of sp³-hybridized carbons (Fsp3) is 0.750. The molecule has 0 aliphatic carbocycles. The van der Waals surface area contributed by atoms with Crippen LogP contribution in [0, 0.1) is 0 Å². The van der Waals surface area contributed by atoms with Gasteiger partial charge >= 0.3 is 52.3 Å². The first-order chi connectivity index (χ1) is 4.97. The Bertz CT molecular complexity index is 96.0. The van der Waals surface area contributed by atoms with Crippen LogP contribution in [0.5, 0.6) is 0 Å². The summed E-state index contributed by atoms with van der Waals surface area (Å²) in [7, 11) is 1.58. The smallest absolute Gasteiger partial charge is 0.870 e. The summed E-state index contributed by atoms with van der Waals surface area (Å²) in [5.74, 6) is 0. The summed E-state index contributed by atoms with van der Waals surface area (Å²) in [6.45, 7) is 0. The van der Waals surface area contributed by atoms with Gasteiger partial charge in [0, 0.05) is 13.3 Å². The van der Waals surface area contributed by atoms with E-state index in [1.54, 1.807) is 0 Å². The molecule has 0 aliphatic rings. The zero-order chi connectivity index (χ0) is 9.91. The van der Waals surface area contributed by atoms with Crippen molar-refractivity contribution >= 4 is 52.3 Å². The number of rotatable bonds is 1. The zero-order valence-corrected chi connectivity index (χ0v) is 10.6. The molecule has 0 aromatic heterocycles. The van der Waals surface area contributed by atoms with Crippen molar-refractivity contribution in [1.82, 2.24) is 0 Å². The van der Waals surface area contributed by atoms with Gasteiger partial charge in [-0.2, -0.15) is 16.7 Å². The van der Waals surface area contributed by atoms with E-state index in [-0.39, 0.29) is 57.7 Å². The van der Waals surface area contributed by atoms with Gasteiger partial charge in [-0.1, -0.05) is 0 Å². The molecule has 0 radical (unpaired) electrons. The molecule has 76 valence electrons. The second kappa shape index (κ2) is 29.2. The molecular formula is C4H8Mg2O8. The van der Waals surface area contributed by atoms with Gasteiger partial charge in [0.15, 0.2) is 0 Å². The van der Waals surface area contributed by atoms with Gasteiger partial charge in [-0.05, 0) is 0 Å². The number of methoxy groups -OCH3 is 1. The van der Waals surface area contributed by atoms with Gasteiger partial charge in [-0.15, -0.1) is 0 Å². The largest absolute Gasteiger partial charge is 2.00 e. The Morgan fingerprint density at radius 3 is 1.29 bits per heavy atom. The van der Waals surface area contributed by atoms with Crippen molar-refractivity contribution in [2.45, 2.75) is 6.16 Å². The fourth-order valence-electron chi connectivity index (χ4n) is 0. The van der Waals surface area contributed by atoms with Gasteiger partial charge in [0.1, 0.15) is 0 Å². The van der Waals surface area contributed by atoms with Gasteiger partial charge in [0.25, 0.3) is 0 Å². The van der Waals surface area contributed by atoms with Crippen molar-refractivity contribution in [3.8, 4) is 0 Å². The van der Waals surface area contributed by atoms with Gasteiger partial charge in [0.2, 0.25) is 0 Å². The molecule has 0 fully saturated rings.